The predicted molar refractivity (Wildman–Crippen MR) is 61.9 cm³/mol. The van der Waals surface area contributed by atoms with E-state index >= 15 is 0 Å². The summed E-state index contributed by atoms with van der Waals surface area (Å²) in [7, 11) is 0. The van der Waals surface area contributed by atoms with Crippen molar-refractivity contribution in [1.29, 1.82) is 0 Å². The van der Waals surface area contributed by atoms with Crippen LogP contribution in [0.25, 0.3) is 0 Å². The number of carbonyl (C=O) groups is 2. The lowest BCUT2D eigenvalue weighted by Crippen LogP contribution is -2.34. The van der Waals surface area contributed by atoms with Crippen molar-refractivity contribution in [3.05, 3.63) is 0 Å². The molecule has 0 aromatic rings. The van der Waals surface area contributed by atoms with Crippen LogP contribution in [-0.2, 0) is 9.59 Å². The standard InChI is InChI=1S/C11H22N2O3/c1-3-4-9(11(15)16)7-13-10(14)5-8(2)6-12/h8-9H,3-7,12H2,1-2H3,(H,13,14)(H,15,16). The zero-order valence-corrected chi connectivity index (χ0v) is 10.0. The number of amides is 1. The molecule has 5 nitrogen and oxygen atoms in total. The van der Waals surface area contributed by atoms with E-state index in [1.807, 2.05) is 13.8 Å². The van der Waals surface area contributed by atoms with Gasteiger partial charge in [0.15, 0.2) is 0 Å². The first-order valence-corrected chi connectivity index (χ1v) is 5.70. The first-order chi connectivity index (χ1) is 7.51. The monoisotopic (exact) mass is 230 g/mol. The molecule has 0 saturated carbocycles. The molecule has 94 valence electrons. The molecule has 4 N–H and O–H groups in total. The Kier molecular flexibility index (Phi) is 7.54. The lowest BCUT2D eigenvalue weighted by molar-refractivity contribution is -0.141. The fourth-order valence-electron chi connectivity index (χ4n) is 1.37. The van der Waals surface area contributed by atoms with Gasteiger partial charge in [-0.3, -0.25) is 9.59 Å². The van der Waals surface area contributed by atoms with E-state index in [4.69, 9.17) is 10.8 Å². The van der Waals surface area contributed by atoms with Gasteiger partial charge in [-0.05, 0) is 18.9 Å². The molecule has 0 fully saturated rings. The molecule has 5 heteroatoms. The second kappa shape index (κ2) is 8.10. The molecule has 0 radical (unpaired) electrons. The summed E-state index contributed by atoms with van der Waals surface area (Å²) in [6, 6.07) is 0. The molecule has 0 aliphatic heterocycles. The minimum Gasteiger partial charge on any atom is -0.481 e. The lowest BCUT2D eigenvalue weighted by atomic mass is 10.0. The molecule has 0 spiro atoms. The molecule has 0 aliphatic carbocycles. The number of carboxylic acids is 1. The summed E-state index contributed by atoms with van der Waals surface area (Å²) >= 11 is 0. The van der Waals surface area contributed by atoms with Gasteiger partial charge in [0.1, 0.15) is 0 Å². The number of carbonyl (C=O) groups excluding carboxylic acids is 1. The van der Waals surface area contributed by atoms with Gasteiger partial charge >= 0.3 is 5.97 Å². The summed E-state index contributed by atoms with van der Waals surface area (Å²) in [5.41, 5.74) is 5.40. The molecule has 0 aliphatic rings. The number of nitrogens with two attached hydrogens (primary N) is 1. The third kappa shape index (κ3) is 6.40. The fraction of sp³-hybridized carbons (Fsp3) is 0.818. The Balaban J connectivity index is 3.91. The Morgan fingerprint density at radius 2 is 2.06 bits per heavy atom. The Morgan fingerprint density at radius 1 is 1.44 bits per heavy atom. The van der Waals surface area contributed by atoms with Gasteiger partial charge in [0.25, 0.3) is 0 Å². The average molecular weight is 230 g/mol. The SMILES string of the molecule is CCCC(CNC(=O)CC(C)CN)C(=O)O. The second-order valence-electron chi connectivity index (χ2n) is 4.17. The summed E-state index contributed by atoms with van der Waals surface area (Å²) in [6.45, 7) is 4.48. The number of rotatable bonds is 8. The summed E-state index contributed by atoms with van der Waals surface area (Å²) in [5.74, 6) is -1.33. The maximum absolute atomic E-state index is 11.4. The van der Waals surface area contributed by atoms with E-state index < -0.39 is 11.9 Å². The zero-order valence-electron chi connectivity index (χ0n) is 10.0. The van der Waals surface area contributed by atoms with Crippen LogP contribution in [0.4, 0.5) is 0 Å². The molecule has 0 saturated heterocycles. The Morgan fingerprint density at radius 3 is 2.50 bits per heavy atom. The van der Waals surface area contributed by atoms with Crippen molar-refractivity contribution in [2.75, 3.05) is 13.1 Å². The van der Waals surface area contributed by atoms with E-state index in [1.165, 1.54) is 0 Å². The summed E-state index contributed by atoms with van der Waals surface area (Å²) < 4.78 is 0. The van der Waals surface area contributed by atoms with Gasteiger partial charge in [0.05, 0.1) is 5.92 Å². The highest BCUT2D eigenvalue weighted by Crippen LogP contribution is 2.05. The third-order valence-corrected chi connectivity index (χ3v) is 2.47. The van der Waals surface area contributed by atoms with Crippen molar-refractivity contribution < 1.29 is 14.7 Å². The number of nitrogens with one attached hydrogen (secondary N) is 1. The molecule has 16 heavy (non-hydrogen) atoms. The minimum absolute atomic E-state index is 0.125. The number of hydrogen-bond acceptors (Lipinski definition) is 3. The maximum atomic E-state index is 11.4. The van der Waals surface area contributed by atoms with E-state index in [0.29, 0.717) is 19.4 Å². The normalized spacial score (nSPS) is 14.2. The number of hydrogen-bond donors (Lipinski definition) is 3. The Bertz CT molecular complexity index is 231. The quantitative estimate of drug-likeness (QED) is 0.569. The minimum atomic E-state index is -0.853. The van der Waals surface area contributed by atoms with Crippen LogP contribution in [0.1, 0.15) is 33.1 Å². The Labute approximate surface area is 96.4 Å². The van der Waals surface area contributed by atoms with Crippen LogP contribution >= 0.6 is 0 Å². The molecule has 0 aromatic heterocycles. The highest BCUT2D eigenvalue weighted by atomic mass is 16.4. The van der Waals surface area contributed by atoms with Gasteiger partial charge in [-0.2, -0.15) is 0 Å². The van der Waals surface area contributed by atoms with Crippen LogP contribution in [0.3, 0.4) is 0 Å². The van der Waals surface area contributed by atoms with Gasteiger partial charge in [0, 0.05) is 13.0 Å². The van der Waals surface area contributed by atoms with Gasteiger partial charge < -0.3 is 16.2 Å². The second-order valence-corrected chi connectivity index (χ2v) is 4.17. The number of carboxylic acid groups (broad SMARTS) is 1. The van der Waals surface area contributed by atoms with Gasteiger partial charge in [-0.15, -0.1) is 0 Å². The van der Waals surface area contributed by atoms with E-state index in [1.54, 1.807) is 0 Å². The highest BCUT2D eigenvalue weighted by Gasteiger charge is 2.17. The largest absolute Gasteiger partial charge is 0.481 e. The van der Waals surface area contributed by atoms with Gasteiger partial charge in [-0.25, -0.2) is 0 Å². The first-order valence-electron chi connectivity index (χ1n) is 5.70. The predicted octanol–water partition coefficient (Wildman–Crippen LogP) is 0.588. The highest BCUT2D eigenvalue weighted by molar-refractivity contribution is 5.77. The van der Waals surface area contributed by atoms with Crippen molar-refractivity contribution in [2.24, 2.45) is 17.6 Å². The molecule has 1 amide bonds. The fourth-order valence-corrected chi connectivity index (χ4v) is 1.37. The van der Waals surface area contributed by atoms with Crippen LogP contribution in [0.2, 0.25) is 0 Å². The molecule has 2 unspecified atom stereocenters. The topological polar surface area (TPSA) is 92.4 Å². The van der Waals surface area contributed by atoms with Crippen LogP contribution in [-0.4, -0.2) is 30.1 Å². The molecular formula is C11H22N2O3. The number of aliphatic carboxylic acids is 1. The van der Waals surface area contributed by atoms with Crippen LogP contribution in [0, 0.1) is 11.8 Å². The summed E-state index contributed by atoms with van der Waals surface area (Å²) in [6.07, 6.45) is 1.74. The molecule has 0 aromatic carbocycles. The molecular weight excluding hydrogens is 208 g/mol. The lowest BCUT2D eigenvalue weighted by Gasteiger charge is -2.13. The van der Waals surface area contributed by atoms with Crippen LogP contribution < -0.4 is 11.1 Å². The zero-order chi connectivity index (χ0) is 12.6. The van der Waals surface area contributed by atoms with Gasteiger partial charge in [-0.1, -0.05) is 20.3 Å². The molecule has 0 bridgehead atoms. The van der Waals surface area contributed by atoms with Gasteiger partial charge in [0.2, 0.25) is 5.91 Å². The summed E-state index contributed by atoms with van der Waals surface area (Å²) in [5, 5.41) is 11.5. The smallest absolute Gasteiger partial charge is 0.308 e. The van der Waals surface area contributed by atoms with Crippen molar-refractivity contribution in [3.8, 4) is 0 Å². The summed E-state index contributed by atoms with van der Waals surface area (Å²) in [4.78, 5) is 22.2. The molecule has 2 atom stereocenters. The Hall–Kier alpha value is -1.10. The van der Waals surface area contributed by atoms with Crippen LogP contribution in [0.5, 0.6) is 0 Å². The van der Waals surface area contributed by atoms with Crippen molar-refractivity contribution in [2.45, 2.75) is 33.1 Å². The maximum Gasteiger partial charge on any atom is 0.308 e. The van der Waals surface area contributed by atoms with Crippen molar-refractivity contribution in [3.63, 3.8) is 0 Å². The molecule has 0 rings (SSSR count). The van der Waals surface area contributed by atoms with E-state index in [9.17, 15) is 9.59 Å². The third-order valence-electron chi connectivity index (χ3n) is 2.47. The molecule has 0 heterocycles. The van der Waals surface area contributed by atoms with Crippen LogP contribution in [0.15, 0.2) is 0 Å². The average Bonchev–Trinajstić information content (AvgIpc) is 2.23. The van der Waals surface area contributed by atoms with Crippen molar-refractivity contribution >= 4 is 11.9 Å². The van der Waals surface area contributed by atoms with E-state index in [0.717, 1.165) is 6.42 Å². The van der Waals surface area contributed by atoms with E-state index in [-0.39, 0.29) is 18.4 Å². The van der Waals surface area contributed by atoms with E-state index in [2.05, 4.69) is 5.32 Å². The van der Waals surface area contributed by atoms with Crippen molar-refractivity contribution in [1.82, 2.24) is 5.32 Å². The first kappa shape index (κ1) is 14.9.